The topological polar surface area (TPSA) is 67.4 Å². The van der Waals surface area contributed by atoms with E-state index < -0.39 is 5.41 Å². The third-order valence-corrected chi connectivity index (χ3v) is 4.01. The first-order chi connectivity index (χ1) is 12.2. The summed E-state index contributed by atoms with van der Waals surface area (Å²) < 4.78 is 5.58. The molecule has 0 fully saturated rings. The molecule has 0 aromatic heterocycles. The minimum atomic E-state index is -1.23. The molecule has 0 aliphatic heterocycles. The van der Waals surface area contributed by atoms with E-state index in [1.165, 1.54) is 0 Å². The van der Waals surface area contributed by atoms with E-state index in [9.17, 15) is 9.59 Å². The monoisotopic (exact) mass is 354 g/mol. The van der Waals surface area contributed by atoms with Crippen molar-refractivity contribution in [2.24, 2.45) is 5.41 Å². The highest BCUT2D eigenvalue weighted by Crippen LogP contribution is 2.24. The zero-order valence-electron chi connectivity index (χ0n) is 15.9. The Balaban J connectivity index is 2.04. The first-order valence-electron chi connectivity index (χ1n) is 8.65. The normalized spacial score (nSPS) is 11.2. The maximum atomic E-state index is 12.6. The number of anilines is 2. The molecule has 2 rings (SSSR count). The van der Waals surface area contributed by atoms with Crippen LogP contribution in [0.5, 0.6) is 5.75 Å². The second kappa shape index (κ2) is 8.04. The number of benzene rings is 2. The van der Waals surface area contributed by atoms with Crippen LogP contribution in [0.3, 0.4) is 0 Å². The number of rotatable bonds is 6. The zero-order valence-corrected chi connectivity index (χ0v) is 15.9. The maximum absolute atomic E-state index is 12.6. The van der Waals surface area contributed by atoms with Crippen LogP contribution in [-0.2, 0) is 9.59 Å². The Bertz CT molecular complexity index is 780. The average Bonchev–Trinajstić information content (AvgIpc) is 2.58. The van der Waals surface area contributed by atoms with Gasteiger partial charge in [0.05, 0.1) is 6.10 Å². The van der Waals surface area contributed by atoms with Gasteiger partial charge < -0.3 is 15.4 Å². The van der Waals surface area contributed by atoms with E-state index in [4.69, 9.17) is 4.74 Å². The second-order valence-electron chi connectivity index (χ2n) is 7.04. The minimum absolute atomic E-state index is 0.0829. The van der Waals surface area contributed by atoms with Crippen molar-refractivity contribution in [2.75, 3.05) is 10.6 Å². The number of ether oxygens (including phenoxy) is 1. The quantitative estimate of drug-likeness (QED) is 0.756. The highest BCUT2D eigenvalue weighted by atomic mass is 16.5. The number of hydrogen-bond donors (Lipinski definition) is 2. The van der Waals surface area contributed by atoms with Crippen molar-refractivity contribution in [2.45, 2.75) is 40.7 Å². The molecule has 5 nitrogen and oxygen atoms in total. The molecule has 0 atom stereocenters. The Hall–Kier alpha value is -2.82. The van der Waals surface area contributed by atoms with Crippen molar-refractivity contribution in [3.05, 3.63) is 54.1 Å². The fraction of sp³-hybridized carbons (Fsp3) is 0.333. The molecule has 2 aromatic carbocycles. The highest BCUT2D eigenvalue weighted by molar-refractivity contribution is 6.14. The van der Waals surface area contributed by atoms with E-state index >= 15 is 0 Å². The van der Waals surface area contributed by atoms with Crippen LogP contribution >= 0.6 is 0 Å². The lowest BCUT2D eigenvalue weighted by atomic mass is 9.90. The lowest BCUT2D eigenvalue weighted by Gasteiger charge is -2.23. The van der Waals surface area contributed by atoms with Crippen molar-refractivity contribution in [3.63, 3.8) is 0 Å². The van der Waals surface area contributed by atoms with Gasteiger partial charge in [-0.05, 0) is 70.5 Å². The van der Waals surface area contributed by atoms with Crippen LogP contribution in [0.2, 0.25) is 0 Å². The molecule has 0 bridgehead atoms. The van der Waals surface area contributed by atoms with Crippen LogP contribution < -0.4 is 15.4 Å². The molecular formula is C21H26N2O3. The van der Waals surface area contributed by atoms with Gasteiger partial charge in [0, 0.05) is 11.4 Å². The summed E-state index contributed by atoms with van der Waals surface area (Å²) in [6.45, 7) is 9.01. The Labute approximate surface area is 154 Å². The summed E-state index contributed by atoms with van der Waals surface area (Å²) in [5, 5.41) is 5.62. The molecule has 0 saturated heterocycles. The van der Waals surface area contributed by atoms with Gasteiger partial charge in [0.15, 0.2) is 0 Å². The van der Waals surface area contributed by atoms with Crippen LogP contribution in [0.15, 0.2) is 48.5 Å². The van der Waals surface area contributed by atoms with Crippen molar-refractivity contribution < 1.29 is 14.3 Å². The molecule has 0 heterocycles. The van der Waals surface area contributed by atoms with Crippen molar-refractivity contribution >= 4 is 23.2 Å². The molecule has 2 N–H and O–H groups in total. The molecule has 5 heteroatoms. The Morgan fingerprint density at radius 2 is 1.50 bits per heavy atom. The van der Waals surface area contributed by atoms with Gasteiger partial charge in [0.25, 0.3) is 0 Å². The van der Waals surface area contributed by atoms with E-state index in [0.29, 0.717) is 11.4 Å². The lowest BCUT2D eigenvalue weighted by molar-refractivity contribution is -0.135. The summed E-state index contributed by atoms with van der Waals surface area (Å²) in [6.07, 6.45) is 0.0829. The summed E-state index contributed by atoms with van der Waals surface area (Å²) in [5.74, 6) is -0.000251. The SMILES string of the molecule is Cc1ccccc1NC(=O)C(C)(C)C(=O)Nc1ccc(OC(C)C)cc1. The largest absolute Gasteiger partial charge is 0.491 e. The lowest BCUT2D eigenvalue weighted by Crippen LogP contribution is -2.41. The summed E-state index contributed by atoms with van der Waals surface area (Å²) >= 11 is 0. The third-order valence-electron chi connectivity index (χ3n) is 4.01. The van der Waals surface area contributed by atoms with Crippen LogP contribution in [0, 0.1) is 12.3 Å². The molecule has 2 amide bonds. The zero-order chi connectivity index (χ0) is 19.3. The molecule has 0 spiro atoms. The van der Waals surface area contributed by atoms with Gasteiger partial charge in [0.1, 0.15) is 11.2 Å². The van der Waals surface area contributed by atoms with Crippen LogP contribution in [0.1, 0.15) is 33.3 Å². The van der Waals surface area contributed by atoms with Gasteiger partial charge in [0.2, 0.25) is 11.8 Å². The number of para-hydroxylation sites is 1. The van der Waals surface area contributed by atoms with E-state index in [1.54, 1.807) is 38.1 Å². The van der Waals surface area contributed by atoms with Crippen LogP contribution in [0.25, 0.3) is 0 Å². The molecule has 0 radical (unpaired) electrons. The fourth-order valence-corrected chi connectivity index (χ4v) is 2.27. The number of carbonyl (C=O) groups is 2. The molecule has 0 aliphatic carbocycles. The molecule has 0 unspecified atom stereocenters. The Morgan fingerprint density at radius 3 is 2.08 bits per heavy atom. The molecular weight excluding hydrogens is 328 g/mol. The van der Waals surface area contributed by atoms with Crippen LogP contribution in [-0.4, -0.2) is 17.9 Å². The van der Waals surface area contributed by atoms with E-state index in [-0.39, 0.29) is 17.9 Å². The average molecular weight is 354 g/mol. The molecule has 2 aromatic rings. The van der Waals surface area contributed by atoms with E-state index in [0.717, 1.165) is 11.3 Å². The van der Waals surface area contributed by atoms with Crippen LogP contribution in [0.4, 0.5) is 11.4 Å². The first-order valence-corrected chi connectivity index (χ1v) is 8.65. The molecule has 138 valence electrons. The number of aryl methyl sites for hydroxylation is 1. The standard InChI is InChI=1S/C21H26N2O3/c1-14(2)26-17-12-10-16(11-13-17)22-19(24)21(4,5)20(25)23-18-9-7-6-8-15(18)3/h6-14H,1-5H3,(H,22,24)(H,23,25). The van der Waals surface area contributed by atoms with Gasteiger partial charge in [-0.2, -0.15) is 0 Å². The van der Waals surface area contributed by atoms with Gasteiger partial charge in [-0.25, -0.2) is 0 Å². The molecule has 26 heavy (non-hydrogen) atoms. The van der Waals surface area contributed by atoms with Gasteiger partial charge >= 0.3 is 0 Å². The van der Waals surface area contributed by atoms with E-state index in [1.807, 2.05) is 45.0 Å². The van der Waals surface area contributed by atoms with Gasteiger partial charge in [-0.1, -0.05) is 18.2 Å². The minimum Gasteiger partial charge on any atom is -0.491 e. The predicted molar refractivity (Wildman–Crippen MR) is 104 cm³/mol. The maximum Gasteiger partial charge on any atom is 0.239 e. The van der Waals surface area contributed by atoms with Gasteiger partial charge in [-0.3, -0.25) is 9.59 Å². The van der Waals surface area contributed by atoms with Crippen molar-refractivity contribution in [1.29, 1.82) is 0 Å². The third kappa shape index (κ3) is 4.85. The summed E-state index contributed by atoms with van der Waals surface area (Å²) in [4.78, 5) is 25.2. The van der Waals surface area contributed by atoms with Gasteiger partial charge in [-0.15, -0.1) is 0 Å². The molecule has 0 aliphatic rings. The van der Waals surface area contributed by atoms with Crippen molar-refractivity contribution in [3.8, 4) is 5.75 Å². The van der Waals surface area contributed by atoms with E-state index in [2.05, 4.69) is 10.6 Å². The summed E-state index contributed by atoms with van der Waals surface area (Å²) in [6, 6.07) is 14.5. The fourth-order valence-electron chi connectivity index (χ4n) is 2.27. The Kier molecular flexibility index (Phi) is 6.03. The number of amides is 2. The smallest absolute Gasteiger partial charge is 0.239 e. The first kappa shape index (κ1) is 19.5. The predicted octanol–water partition coefficient (Wildman–Crippen LogP) is 4.39. The number of hydrogen-bond acceptors (Lipinski definition) is 3. The highest BCUT2D eigenvalue weighted by Gasteiger charge is 2.36. The molecule has 0 saturated carbocycles. The number of carbonyl (C=O) groups excluding carboxylic acids is 2. The van der Waals surface area contributed by atoms with Crippen molar-refractivity contribution in [1.82, 2.24) is 0 Å². The Morgan fingerprint density at radius 1 is 0.923 bits per heavy atom. The second-order valence-corrected chi connectivity index (χ2v) is 7.04. The summed E-state index contributed by atoms with van der Waals surface area (Å²) in [7, 11) is 0. The summed E-state index contributed by atoms with van der Waals surface area (Å²) in [5.41, 5.74) is 1.03. The number of nitrogens with one attached hydrogen (secondary N) is 2.